The fourth-order valence-electron chi connectivity index (χ4n) is 4.60. The number of likely N-dealkylation sites (tertiary alicyclic amines) is 1. The van der Waals surface area contributed by atoms with Crippen LogP contribution < -0.4 is 5.73 Å². The summed E-state index contributed by atoms with van der Waals surface area (Å²) in [5.74, 6) is 0. The molecule has 1 fully saturated rings. The van der Waals surface area contributed by atoms with Gasteiger partial charge in [-0.15, -0.1) is 0 Å². The molecule has 0 aromatic heterocycles. The Hall–Kier alpha value is -3.10. The second-order valence-electron chi connectivity index (χ2n) is 7.96. The van der Waals surface area contributed by atoms with Gasteiger partial charge in [-0.3, -0.25) is 4.90 Å². The molecule has 0 saturated carbocycles. The van der Waals surface area contributed by atoms with E-state index in [1.807, 2.05) is 12.1 Å². The molecule has 1 heterocycles. The number of nitrogen functional groups attached to an aromatic ring is 1. The van der Waals surface area contributed by atoms with Crippen molar-refractivity contribution in [2.24, 2.45) is 0 Å². The Morgan fingerprint density at radius 1 is 0.690 bits per heavy atom. The molecule has 1 aliphatic carbocycles. The standard InChI is InChI=1S/C27H26N2/c28-26-12-6-3-9-23(26)19-29-17-15-22(16-18-29)27-24-10-4-1-7-20(24)13-14-21-8-2-5-11-25(21)27/h1-14H,15-19,28H2. The van der Waals surface area contributed by atoms with Gasteiger partial charge < -0.3 is 5.73 Å². The van der Waals surface area contributed by atoms with Crippen LogP contribution in [0.1, 0.15) is 40.7 Å². The van der Waals surface area contributed by atoms with Gasteiger partial charge in [-0.25, -0.2) is 0 Å². The molecule has 2 nitrogen and oxygen atoms in total. The maximum atomic E-state index is 6.16. The highest BCUT2D eigenvalue weighted by atomic mass is 15.1. The van der Waals surface area contributed by atoms with E-state index in [9.17, 15) is 0 Å². The van der Waals surface area contributed by atoms with E-state index in [1.54, 1.807) is 5.57 Å². The number of fused-ring (bicyclic) bond motifs is 2. The van der Waals surface area contributed by atoms with Gasteiger partial charge in [0.05, 0.1) is 0 Å². The second-order valence-corrected chi connectivity index (χ2v) is 7.96. The van der Waals surface area contributed by atoms with Gasteiger partial charge in [0.25, 0.3) is 0 Å². The summed E-state index contributed by atoms with van der Waals surface area (Å²) in [6.07, 6.45) is 6.72. The van der Waals surface area contributed by atoms with Crippen molar-refractivity contribution in [1.29, 1.82) is 0 Å². The van der Waals surface area contributed by atoms with Crippen molar-refractivity contribution in [3.8, 4) is 0 Å². The van der Waals surface area contributed by atoms with Crippen molar-refractivity contribution in [2.75, 3.05) is 18.8 Å². The predicted octanol–water partition coefficient (Wildman–Crippen LogP) is 5.85. The smallest absolute Gasteiger partial charge is 0.0359 e. The monoisotopic (exact) mass is 378 g/mol. The van der Waals surface area contributed by atoms with Crippen LogP contribution in [0.3, 0.4) is 0 Å². The van der Waals surface area contributed by atoms with Crippen LogP contribution >= 0.6 is 0 Å². The van der Waals surface area contributed by atoms with Crippen molar-refractivity contribution in [2.45, 2.75) is 19.4 Å². The fourth-order valence-corrected chi connectivity index (χ4v) is 4.60. The highest BCUT2D eigenvalue weighted by Gasteiger charge is 2.22. The molecular weight excluding hydrogens is 352 g/mol. The molecule has 1 saturated heterocycles. The van der Waals surface area contributed by atoms with Gasteiger partial charge >= 0.3 is 0 Å². The molecule has 2 N–H and O–H groups in total. The topological polar surface area (TPSA) is 29.3 Å². The van der Waals surface area contributed by atoms with Crippen molar-refractivity contribution in [3.05, 3.63) is 106 Å². The maximum absolute atomic E-state index is 6.16. The molecule has 0 bridgehead atoms. The number of hydrogen-bond donors (Lipinski definition) is 1. The van der Waals surface area contributed by atoms with Crippen LogP contribution in [0.4, 0.5) is 5.69 Å². The zero-order valence-electron chi connectivity index (χ0n) is 16.6. The van der Waals surface area contributed by atoms with Crippen LogP contribution in [0.25, 0.3) is 17.7 Å². The summed E-state index contributed by atoms with van der Waals surface area (Å²) >= 11 is 0. The molecule has 5 rings (SSSR count). The van der Waals surface area contributed by atoms with Gasteiger partial charge in [-0.2, -0.15) is 0 Å². The zero-order chi connectivity index (χ0) is 19.6. The predicted molar refractivity (Wildman–Crippen MR) is 123 cm³/mol. The number of nitrogens with two attached hydrogens (primary N) is 1. The highest BCUT2D eigenvalue weighted by molar-refractivity contribution is 5.94. The lowest BCUT2D eigenvalue weighted by atomic mass is 9.86. The summed E-state index contributed by atoms with van der Waals surface area (Å²) in [4.78, 5) is 2.53. The summed E-state index contributed by atoms with van der Waals surface area (Å²) in [6, 6.07) is 25.8. The zero-order valence-corrected chi connectivity index (χ0v) is 16.6. The summed E-state index contributed by atoms with van der Waals surface area (Å²) in [5, 5.41) is 0. The Morgan fingerprint density at radius 3 is 1.86 bits per heavy atom. The third-order valence-corrected chi connectivity index (χ3v) is 6.16. The van der Waals surface area contributed by atoms with Gasteiger partial charge in [-0.1, -0.05) is 84.5 Å². The van der Waals surface area contributed by atoms with Crippen LogP contribution in [-0.4, -0.2) is 18.0 Å². The number of hydrogen-bond acceptors (Lipinski definition) is 2. The molecule has 0 radical (unpaired) electrons. The van der Waals surface area contributed by atoms with Crippen molar-refractivity contribution in [1.82, 2.24) is 4.90 Å². The quantitative estimate of drug-likeness (QED) is 0.443. The van der Waals surface area contributed by atoms with Gasteiger partial charge in [0, 0.05) is 25.3 Å². The first-order valence-electron chi connectivity index (χ1n) is 10.4. The number of piperidine rings is 1. The second kappa shape index (κ2) is 7.73. The average molecular weight is 379 g/mol. The lowest BCUT2D eigenvalue weighted by molar-refractivity contribution is 0.249. The number of para-hydroxylation sites is 1. The molecular formula is C27H26N2. The van der Waals surface area contributed by atoms with E-state index in [4.69, 9.17) is 5.73 Å². The molecule has 1 aliphatic heterocycles. The molecule has 3 aromatic carbocycles. The summed E-state index contributed by atoms with van der Waals surface area (Å²) in [5.41, 5.74) is 16.7. The number of nitrogens with zero attached hydrogens (tertiary/aromatic N) is 1. The Kier molecular flexibility index (Phi) is 4.79. The van der Waals surface area contributed by atoms with Gasteiger partial charge in [0.2, 0.25) is 0 Å². The van der Waals surface area contributed by atoms with E-state index in [-0.39, 0.29) is 0 Å². The van der Waals surface area contributed by atoms with Gasteiger partial charge in [-0.05, 0) is 52.3 Å². The Balaban J connectivity index is 1.48. The largest absolute Gasteiger partial charge is 0.398 e. The van der Waals surface area contributed by atoms with Crippen molar-refractivity contribution >= 4 is 23.4 Å². The van der Waals surface area contributed by atoms with Gasteiger partial charge in [0.1, 0.15) is 0 Å². The van der Waals surface area contributed by atoms with E-state index < -0.39 is 0 Å². The summed E-state index contributed by atoms with van der Waals surface area (Å²) in [7, 11) is 0. The maximum Gasteiger partial charge on any atom is 0.0359 e. The SMILES string of the molecule is Nc1ccccc1CN1CCC(=C2c3ccccc3C=Cc3ccccc32)CC1. The average Bonchev–Trinajstić information content (AvgIpc) is 2.93. The minimum absolute atomic E-state index is 0.898. The third kappa shape index (κ3) is 3.52. The van der Waals surface area contributed by atoms with E-state index in [0.717, 1.165) is 38.2 Å². The van der Waals surface area contributed by atoms with Crippen molar-refractivity contribution in [3.63, 3.8) is 0 Å². The summed E-state index contributed by atoms with van der Waals surface area (Å²) in [6.45, 7) is 3.08. The molecule has 0 unspecified atom stereocenters. The number of benzene rings is 3. The molecule has 2 aliphatic rings. The molecule has 0 spiro atoms. The first kappa shape index (κ1) is 18.0. The van der Waals surface area contributed by atoms with Crippen LogP contribution in [0.2, 0.25) is 0 Å². The van der Waals surface area contributed by atoms with E-state index in [2.05, 4.69) is 77.7 Å². The van der Waals surface area contributed by atoms with Crippen LogP contribution in [0.15, 0.2) is 78.4 Å². The Bertz CT molecular complexity index is 1050. The Labute approximate surface area is 173 Å². The molecule has 2 heteroatoms. The lowest BCUT2D eigenvalue weighted by Crippen LogP contribution is -2.31. The highest BCUT2D eigenvalue weighted by Crippen LogP contribution is 2.38. The Morgan fingerprint density at radius 2 is 1.24 bits per heavy atom. The van der Waals surface area contributed by atoms with Crippen molar-refractivity contribution < 1.29 is 0 Å². The van der Waals surface area contributed by atoms with E-state index in [0.29, 0.717) is 0 Å². The van der Waals surface area contributed by atoms with Crippen LogP contribution in [0.5, 0.6) is 0 Å². The van der Waals surface area contributed by atoms with Crippen LogP contribution in [0, 0.1) is 0 Å². The molecule has 0 amide bonds. The number of rotatable bonds is 2. The summed E-state index contributed by atoms with van der Waals surface area (Å²) < 4.78 is 0. The van der Waals surface area contributed by atoms with E-state index >= 15 is 0 Å². The molecule has 29 heavy (non-hydrogen) atoms. The first-order chi connectivity index (χ1) is 14.3. The van der Waals surface area contributed by atoms with Gasteiger partial charge in [0.15, 0.2) is 0 Å². The molecule has 0 atom stereocenters. The molecule has 3 aromatic rings. The fraction of sp³-hybridized carbons (Fsp3) is 0.185. The first-order valence-corrected chi connectivity index (χ1v) is 10.4. The molecule has 144 valence electrons. The lowest BCUT2D eigenvalue weighted by Gasteiger charge is -2.31. The normalized spacial score (nSPS) is 16.3. The third-order valence-electron chi connectivity index (χ3n) is 6.16. The van der Waals surface area contributed by atoms with Crippen LogP contribution in [-0.2, 0) is 6.54 Å². The minimum atomic E-state index is 0.898. The van der Waals surface area contributed by atoms with E-state index in [1.165, 1.54) is 33.4 Å². The number of anilines is 1. The minimum Gasteiger partial charge on any atom is -0.398 e.